The van der Waals surface area contributed by atoms with Gasteiger partial charge in [0.2, 0.25) is 0 Å². The molecular weight excluding hydrogens is 214 g/mol. The molecule has 0 aromatic rings. The van der Waals surface area contributed by atoms with E-state index in [2.05, 4.69) is 20.8 Å². The molecule has 1 heterocycles. The summed E-state index contributed by atoms with van der Waals surface area (Å²) in [6.45, 7) is 8.82. The number of thiocarbonyl (C=S) groups is 1. The molecule has 0 aromatic heterocycles. The number of hydrogen-bond donors (Lipinski definition) is 0. The first kappa shape index (κ1) is 11.7. The minimum absolute atomic E-state index is 0.0252. The molecule has 1 rings (SSSR count). The van der Waals surface area contributed by atoms with Crippen molar-refractivity contribution in [3.8, 4) is 0 Å². The lowest BCUT2D eigenvalue weighted by Crippen LogP contribution is -2.27. The summed E-state index contributed by atoms with van der Waals surface area (Å²) in [6.07, 6.45) is 1.99. The van der Waals surface area contributed by atoms with Gasteiger partial charge < -0.3 is 0 Å². The Morgan fingerprint density at radius 2 is 2.07 bits per heavy atom. The minimum atomic E-state index is 0.0252. The monoisotopic (exact) mass is 229 g/mol. The maximum atomic E-state index is 11.8. The van der Waals surface area contributed by atoms with Crippen molar-refractivity contribution < 1.29 is 4.79 Å². The predicted octanol–water partition coefficient (Wildman–Crippen LogP) is 2.80. The number of rotatable bonds is 1. The average molecular weight is 229 g/mol. The van der Waals surface area contributed by atoms with E-state index < -0.39 is 0 Å². The molecule has 1 saturated heterocycles. The minimum Gasteiger partial charge on any atom is -0.293 e. The second kappa shape index (κ2) is 4.03. The van der Waals surface area contributed by atoms with Crippen LogP contribution < -0.4 is 0 Å². The van der Waals surface area contributed by atoms with Crippen molar-refractivity contribution >= 4 is 34.2 Å². The molecule has 0 saturated carbocycles. The van der Waals surface area contributed by atoms with Gasteiger partial charge in [0.05, 0.1) is 4.91 Å². The van der Waals surface area contributed by atoms with E-state index in [1.165, 1.54) is 11.8 Å². The SMILES string of the molecule is CCN1C(=O)/C(=C\C(C)(C)C)SC1=S. The van der Waals surface area contributed by atoms with E-state index in [9.17, 15) is 4.79 Å². The van der Waals surface area contributed by atoms with E-state index in [4.69, 9.17) is 12.2 Å². The summed E-state index contributed by atoms with van der Waals surface area (Å²) < 4.78 is 0.674. The summed E-state index contributed by atoms with van der Waals surface area (Å²) in [5.74, 6) is 0.0532. The van der Waals surface area contributed by atoms with Gasteiger partial charge >= 0.3 is 0 Å². The van der Waals surface area contributed by atoms with Crippen molar-refractivity contribution in [2.45, 2.75) is 27.7 Å². The van der Waals surface area contributed by atoms with Gasteiger partial charge in [-0.05, 0) is 12.3 Å². The van der Waals surface area contributed by atoms with Gasteiger partial charge in [-0.15, -0.1) is 0 Å². The number of amides is 1. The van der Waals surface area contributed by atoms with Crippen LogP contribution >= 0.6 is 24.0 Å². The van der Waals surface area contributed by atoms with Gasteiger partial charge in [0.15, 0.2) is 0 Å². The number of carbonyl (C=O) groups is 1. The Morgan fingerprint density at radius 1 is 1.50 bits per heavy atom. The molecule has 0 aliphatic carbocycles. The molecule has 0 aromatic carbocycles. The Morgan fingerprint density at radius 3 is 2.43 bits per heavy atom. The molecule has 2 nitrogen and oxygen atoms in total. The molecule has 0 unspecified atom stereocenters. The lowest BCUT2D eigenvalue weighted by Gasteiger charge is -2.13. The van der Waals surface area contributed by atoms with Crippen molar-refractivity contribution in [2.24, 2.45) is 5.41 Å². The highest BCUT2D eigenvalue weighted by Crippen LogP contribution is 2.33. The van der Waals surface area contributed by atoms with Crippen LogP contribution in [0.2, 0.25) is 0 Å². The molecule has 1 aliphatic rings. The topological polar surface area (TPSA) is 20.3 Å². The normalized spacial score (nSPS) is 21.1. The van der Waals surface area contributed by atoms with Crippen LogP contribution in [0.15, 0.2) is 11.0 Å². The van der Waals surface area contributed by atoms with E-state index in [0.717, 1.165) is 4.91 Å². The number of likely N-dealkylation sites (N-methyl/N-ethyl adjacent to an activating group) is 1. The van der Waals surface area contributed by atoms with Crippen LogP contribution in [0.5, 0.6) is 0 Å². The maximum Gasteiger partial charge on any atom is 0.265 e. The summed E-state index contributed by atoms with van der Waals surface area (Å²) in [4.78, 5) is 14.2. The predicted molar refractivity (Wildman–Crippen MR) is 65.1 cm³/mol. The zero-order valence-electron chi connectivity index (χ0n) is 8.96. The van der Waals surface area contributed by atoms with E-state index >= 15 is 0 Å². The maximum absolute atomic E-state index is 11.8. The zero-order chi connectivity index (χ0) is 10.9. The van der Waals surface area contributed by atoms with Gasteiger partial charge in [0.1, 0.15) is 4.32 Å². The first-order chi connectivity index (χ1) is 6.35. The van der Waals surface area contributed by atoms with Gasteiger partial charge in [-0.25, -0.2) is 0 Å². The van der Waals surface area contributed by atoms with Crippen molar-refractivity contribution in [3.05, 3.63) is 11.0 Å². The van der Waals surface area contributed by atoms with Crippen molar-refractivity contribution in [2.75, 3.05) is 6.54 Å². The van der Waals surface area contributed by atoms with Crippen LogP contribution in [-0.2, 0) is 4.79 Å². The number of thioether (sulfide) groups is 1. The molecular formula is C10H15NOS2. The molecule has 1 fully saturated rings. The molecule has 0 bridgehead atoms. The standard InChI is InChI=1S/C10H15NOS2/c1-5-11-8(12)7(14-9(11)13)6-10(2,3)4/h6H,5H2,1-4H3/b7-6+. The smallest absolute Gasteiger partial charge is 0.265 e. The Balaban J connectivity index is 2.92. The van der Waals surface area contributed by atoms with Gasteiger partial charge in [0.25, 0.3) is 5.91 Å². The number of hydrogen-bond acceptors (Lipinski definition) is 3. The van der Waals surface area contributed by atoms with Crippen molar-refractivity contribution in [3.63, 3.8) is 0 Å². The van der Waals surface area contributed by atoms with Crippen LogP contribution in [0.25, 0.3) is 0 Å². The fraction of sp³-hybridized carbons (Fsp3) is 0.600. The third-order valence-electron chi connectivity index (χ3n) is 1.75. The summed E-state index contributed by atoms with van der Waals surface area (Å²) in [6, 6.07) is 0. The number of carbonyl (C=O) groups excluding carboxylic acids is 1. The highest BCUT2D eigenvalue weighted by atomic mass is 32.2. The highest BCUT2D eigenvalue weighted by molar-refractivity contribution is 8.26. The van der Waals surface area contributed by atoms with E-state index in [-0.39, 0.29) is 11.3 Å². The van der Waals surface area contributed by atoms with E-state index in [1.807, 2.05) is 13.0 Å². The lowest BCUT2D eigenvalue weighted by atomic mass is 9.96. The molecule has 1 aliphatic heterocycles. The molecule has 0 radical (unpaired) electrons. The quantitative estimate of drug-likeness (QED) is 0.509. The van der Waals surface area contributed by atoms with Gasteiger partial charge in [-0.2, -0.15) is 0 Å². The van der Waals surface area contributed by atoms with Gasteiger partial charge in [0, 0.05) is 6.54 Å². The van der Waals surface area contributed by atoms with Gasteiger partial charge in [-0.3, -0.25) is 9.69 Å². The van der Waals surface area contributed by atoms with Gasteiger partial charge in [-0.1, -0.05) is 50.8 Å². The Kier molecular flexibility index (Phi) is 3.37. The van der Waals surface area contributed by atoms with Crippen molar-refractivity contribution in [1.29, 1.82) is 0 Å². The first-order valence-electron chi connectivity index (χ1n) is 4.61. The first-order valence-corrected chi connectivity index (χ1v) is 5.84. The Bertz CT molecular complexity index is 302. The van der Waals surface area contributed by atoms with E-state index in [1.54, 1.807) is 4.90 Å². The summed E-state index contributed by atoms with van der Waals surface area (Å²) in [5, 5.41) is 0. The molecule has 0 atom stereocenters. The van der Waals surface area contributed by atoms with Crippen molar-refractivity contribution in [1.82, 2.24) is 4.90 Å². The second-order valence-corrected chi connectivity index (χ2v) is 5.97. The molecule has 4 heteroatoms. The Labute approximate surface area is 94.7 Å². The molecule has 0 spiro atoms. The van der Waals surface area contributed by atoms with Crippen LogP contribution in [0.4, 0.5) is 0 Å². The third kappa shape index (κ3) is 2.58. The fourth-order valence-corrected chi connectivity index (χ4v) is 2.77. The van der Waals surface area contributed by atoms with Crippen LogP contribution in [-0.4, -0.2) is 21.7 Å². The average Bonchev–Trinajstić information content (AvgIpc) is 2.24. The van der Waals surface area contributed by atoms with E-state index in [0.29, 0.717) is 10.9 Å². The summed E-state index contributed by atoms with van der Waals surface area (Å²) >= 11 is 6.51. The molecule has 0 N–H and O–H groups in total. The van der Waals surface area contributed by atoms with Crippen LogP contribution in [0.1, 0.15) is 27.7 Å². The fourth-order valence-electron chi connectivity index (χ4n) is 1.17. The Hall–Kier alpha value is -0.350. The summed E-state index contributed by atoms with van der Waals surface area (Å²) in [7, 11) is 0. The van der Waals surface area contributed by atoms with Crippen LogP contribution in [0.3, 0.4) is 0 Å². The number of allylic oxidation sites excluding steroid dienone is 1. The lowest BCUT2D eigenvalue weighted by molar-refractivity contribution is -0.122. The largest absolute Gasteiger partial charge is 0.293 e. The summed E-state index contributed by atoms with van der Waals surface area (Å²) in [5.41, 5.74) is 0.0252. The van der Waals surface area contributed by atoms with Crippen LogP contribution in [0, 0.1) is 5.41 Å². The number of nitrogens with zero attached hydrogens (tertiary/aromatic N) is 1. The zero-order valence-corrected chi connectivity index (χ0v) is 10.6. The molecule has 1 amide bonds. The molecule has 78 valence electrons. The highest BCUT2D eigenvalue weighted by Gasteiger charge is 2.31. The second-order valence-electron chi connectivity index (χ2n) is 4.29. The third-order valence-corrected chi connectivity index (χ3v) is 3.13. The molecule has 14 heavy (non-hydrogen) atoms.